The molecule has 3 rings (SSSR count). The van der Waals surface area contributed by atoms with Gasteiger partial charge in [-0.2, -0.15) is 0 Å². The van der Waals surface area contributed by atoms with E-state index in [1.165, 1.54) is 0 Å². The zero-order valence-electron chi connectivity index (χ0n) is 18.8. The highest BCUT2D eigenvalue weighted by atomic mass is 32.2. The number of carbonyl (C=O) groups is 2. The standard InChI is InChI=1S/C26H26O7S/c1-34(30,31)14-13-22-15-20(16-26(28)29)7-12-25(22)33-23-10-8-21(9-11-23)24(27)18-32-17-19-5-3-2-4-6-19/h2-12,15H,13-14,16-18H2,1H3,(H,28,29). The molecule has 0 saturated heterocycles. The summed E-state index contributed by atoms with van der Waals surface area (Å²) in [5, 5.41) is 9.04. The first-order chi connectivity index (χ1) is 16.2. The molecule has 1 N–H and O–H groups in total. The largest absolute Gasteiger partial charge is 0.481 e. The number of aliphatic carboxylic acids is 1. The van der Waals surface area contributed by atoms with Crippen LogP contribution in [0.2, 0.25) is 0 Å². The summed E-state index contributed by atoms with van der Waals surface area (Å²) in [4.78, 5) is 23.4. The Morgan fingerprint density at radius 2 is 1.62 bits per heavy atom. The maximum atomic E-state index is 12.4. The first-order valence-electron chi connectivity index (χ1n) is 10.6. The van der Waals surface area contributed by atoms with E-state index < -0.39 is 15.8 Å². The minimum absolute atomic E-state index is 0.0459. The highest BCUT2D eigenvalue weighted by Gasteiger charge is 2.13. The van der Waals surface area contributed by atoms with Gasteiger partial charge in [-0.05, 0) is 53.4 Å². The van der Waals surface area contributed by atoms with Crippen molar-refractivity contribution in [3.05, 3.63) is 95.1 Å². The van der Waals surface area contributed by atoms with E-state index in [1.54, 1.807) is 42.5 Å². The number of carbonyl (C=O) groups excluding carboxylic acids is 1. The second-order valence-electron chi connectivity index (χ2n) is 7.92. The Hall–Kier alpha value is -3.49. The molecule has 0 saturated carbocycles. The van der Waals surface area contributed by atoms with Gasteiger partial charge >= 0.3 is 5.97 Å². The molecule has 0 radical (unpaired) electrons. The summed E-state index contributed by atoms with van der Waals surface area (Å²) >= 11 is 0. The molecular weight excluding hydrogens is 456 g/mol. The molecule has 0 aliphatic rings. The van der Waals surface area contributed by atoms with Crippen molar-refractivity contribution in [3.63, 3.8) is 0 Å². The number of carboxylic acids is 1. The van der Waals surface area contributed by atoms with Crippen LogP contribution in [-0.4, -0.2) is 43.9 Å². The van der Waals surface area contributed by atoms with Crippen LogP contribution in [0.4, 0.5) is 0 Å². The van der Waals surface area contributed by atoms with Crippen molar-refractivity contribution in [2.45, 2.75) is 19.4 Å². The smallest absolute Gasteiger partial charge is 0.307 e. The molecule has 0 fully saturated rings. The Morgan fingerprint density at radius 3 is 2.26 bits per heavy atom. The van der Waals surface area contributed by atoms with Crippen molar-refractivity contribution in [1.82, 2.24) is 0 Å². The summed E-state index contributed by atoms with van der Waals surface area (Å²) in [6.45, 7) is 0.303. The van der Waals surface area contributed by atoms with E-state index in [2.05, 4.69) is 0 Å². The molecule has 0 spiro atoms. The number of hydrogen-bond donors (Lipinski definition) is 1. The van der Waals surface area contributed by atoms with Gasteiger partial charge in [0, 0.05) is 11.8 Å². The van der Waals surface area contributed by atoms with Crippen LogP contribution in [-0.2, 0) is 38.8 Å². The van der Waals surface area contributed by atoms with Crippen LogP contribution in [0.15, 0.2) is 72.8 Å². The van der Waals surface area contributed by atoms with Gasteiger partial charge in [0.2, 0.25) is 0 Å². The second-order valence-corrected chi connectivity index (χ2v) is 10.2. The zero-order chi connectivity index (χ0) is 24.6. The Bertz CT molecular complexity index is 1230. The quantitative estimate of drug-likeness (QED) is 0.388. The lowest BCUT2D eigenvalue weighted by Crippen LogP contribution is -2.09. The molecule has 7 nitrogen and oxygen atoms in total. The predicted octanol–water partition coefficient (Wildman–Crippen LogP) is 4.09. The van der Waals surface area contributed by atoms with Gasteiger partial charge in [-0.15, -0.1) is 0 Å². The van der Waals surface area contributed by atoms with Crippen molar-refractivity contribution in [2.24, 2.45) is 0 Å². The molecule has 3 aromatic rings. The molecule has 8 heteroatoms. The fourth-order valence-electron chi connectivity index (χ4n) is 3.26. The van der Waals surface area contributed by atoms with E-state index in [4.69, 9.17) is 14.6 Å². The van der Waals surface area contributed by atoms with Gasteiger partial charge in [-0.3, -0.25) is 9.59 Å². The first kappa shape index (κ1) is 25.1. The molecule has 0 aliphatic carbocycles. The van der Waals surface area contributed by atoms with E-state index in [0.717, 1.165) is 11.8 Å². The number of sulfone groups is 1. The summed E-state index contributed by atoms with van der Waals surface area (Å²) in [5.41, 5.74) is 2.62. The van der Waals surface area contributed by atoms with E-state index in [1.807, 2.05) is 30.3 Å². The Kier molecular flexibility index (Phi) is 8.56. The Balaban J connectivity index is 1.66. The van der Waals surface area contributed by atoms with Gasteiger partial charge in [0.1, 0.15) is 27.9 Å². The average Bonchev–Trinajstić information content (AvgIpc) is 2.79. The number of carboxylic acid groups (broad SMARTS) is 1. The second kappa shape index (κ2) is 11.6. The summed E-state index contributed by atoms with van der Waals surface area (Å²) in [7, 11) is -3.21. The molecule has 0 aromatic heterocycles. The van der Waals surface area contributed by atoms with Gasteiger partial charge in [0.25, 0.3) is 0 Å². The summed E-state index contributed by atoms with van der Waals surface area (Å²) in [6, 6.07) is 21.1. The van der Waals surface area contributed by atoms with Crippen LogP contribution >= 0.6 is 0 Å². The number of benzene rings is 3. The molecule has 34 heavy (non-hydrogen) atoms. The molecular formula is C26H26O7S. The van der Waals surface area contributed by atoms with Crippen LogP contribution in [0.3, 0.4) is 0 Å². The lowest BCUT2D eigenvalue weighted by molar-refractivity contribution is -0.136. The molecule has 178 valence electrons. The van der Waals surface area contributed by atoms with Crippen molar-refractivity contribution < 1.29 is 32.6 Å². The summed E-state index contributed by atoms with van der Waals surface area (Å²) in [6.07, 6.45) is 1.17. The number of rotatable bonds is 12. The third-order valence-corrected chi connectivity index (χ3v) is 5.92. The zero-order valence-corrected chi connectivity index (χ0v) is 19.6. The van der Waals surface area contributed by atoms with E-state index in [9.17, 15) is 18.0 Å². The van der Waals surface area contributed by atoms with Crippen molar-refractivity contribution in [3.8, 4) is 11.5 Å². The number of ether oxygens (including phenoxy) is 2. The third-order valence-electron chi connectivity index (χ3n) is 4.97. The fraction of sp³-hybridized carbons (Fsp3) is 0.231. The topological polar surface area (TPSA) is 107 Å². The van der Waals surface area contributed by atoms with Gasteiger partial charge in [-0.25, -0.2) is 8.42 Å². The summed E-state index contributed by atoms with van der Waals surface area (Å²) < 4.78 is 34.7. The average molecular weight is 483 g/mol. The molecule has 0 unspecified atom stereocenters. The first-order valence-corrected chi connectivity index (χ1v) is 12.7. The van der Waals surface area contributed by atoms with Gasteiger partial charge in [-0.1, -0.05) is 42.5 Å². The monoisotopic (exact) mass is 482 g/mol. The number of hydrogen-bond acceptors (Lipinski definition) is 6. The van der Waals surface area contributed by atoms with Crippen LogP contribution < -0.4 is 4.74 Å². The minimum atomic E-state index is -3.21. The Labute approximate surface area is 198 Å². The molecule has 3 aromatic carbocycles. The number of aryl methyl sites for hydroxylation is 1. The molecule has 0 aliphatic heterocycles. The molecule has 0 heterocycles. The van der Waals surface area contributed by atoms with Gasteiger partial charge in [0.05, 0.1) is 18.8 Å². The molecule has 0 bridgehead atoms. The lowest BCUT2D eigenvalue weighted by atomic mass is 10.1. The molecule has 0 amide bonds. The molecule has 0 atom stereocenters. The van der Waals surface area contributed by atoms with Gasteiger partial charge in [0.15, 0.2) is 5.78 Å². The predicted molar refractivity (Wildman–Crippen MR) is 128 cm³/mol. The van der Waals surface area contributed by atoms with Crippen LogP contribution in [0.5, 0.6) is 11.5 Å². The van der Waals surface area contributed by atoms with E-state index in [0.29, 0.717) is 34.8 Å². The third kappa shape index (κ3) is 8.13. The van der Waals surface area contributed by atoms with Crippen molar-refractivity contribution in [1.29, 1.82) is 0 Å². The maximum absolute atomic E-state index is 12.4. The maximum Gasteiger partial charge on any atom is 0.307 e. The minimum Gasteiger partial charge on any atom is -0.481 e. The fourth-order valence-corrected chi connectivity index (χ4v) is 3.85. The van der Waals surface area contributed by atoms with Crippen LogP contribution in [0.25, 0.3) is 0 Å². The SMILES string of the molecule is CS(=O)(=O)CCc1cc(CC(=O)O)ccc1Oc1ccc(C(=O)COCc2ccccc2)cc1. The number of Topliss-reactive ketones (excluding diaryl/α,β-unsaturated/α-hetero) is 1. The highest BCUT2D eigenvalue weighted by molar-refractivity contribution is 7.90. The van der Waals surface area contributed by atoms with E-state index in [-0.39, 0.29) is 31.0 Å². The van der Waals surface area contributed by atoms with Crippen LogP contribution in [0.1, 0.15) is 27.0 Å². The van der Waals surface area contributed by atoms with Gasteiger partial charge < -0.3 is 14.6 Å². The van der Waals surface area contributed by atoms with E-state index >= 15 is 0 Å². The van der Waals surface area contributed by atoms with Crippen molar-refractivity contribution in [2.75, 3.05) is 18.6 Å². The highest BCUT2D eigenvalue weighted by Crippen LogP contribution is 2.28. The number of ketones is 1. The normalized spacial score (nSPS) is 11.2. The van der Waals surface area contributed by atoms with Crippen LogP contribution in [0, 0.1) is 0 Å². The summed E-state index contributed by atoms with van der Waals surface area (Å²) in [5.74, 6) is -0.322. The van der Waals surface area contributed by atoms with Crippen molar-refractivity contribution >= 4 is 21.6 Å². The Morgan fingerprint density at radius 1 is 0.912 bits per heavy atom. The lowest BCUT2D eigenvalue weighted by Gasteiger charge is -2.13.